The molecule has 1 N–H and O–H groups in total. The van der Waals surface area contributed by atoms with Gasteiger partial charge in [0.1, 0.15) is 18.9 Å². The van der Waals surface area contributed by atoms with E-state index < -0.39 is 12.0 Å². The van der Waals surface area contributed by atoms with Crippen LogP contribution >= 0.6 is 0 Å². The van der Waals surface area contributed by atoms with E-state index in [1.54, 1.807) is 29.5 Å². The molecule has 146 valence electrons. The van der Waals surface area contributed by atoms with E-state index in [2.05, 4.69) is 22.0 Å². The molecule has 0 unspecified atom stereocenters. The van der Waals surface area contributed by atoms with Crippen LogP contribution < -0.4 is 10.2 Å². The second-order valence-electron chi connectivity index (χ2n) is 6.22. The number of ether oxygens (including phenoxy) is 1. The SMILES string of the molecule is C=CCNC(=O)CN1C(C)=C(C(=O)OCC)[C@@H](c2ccccc2)n2ncnc21. The van der Waals surface area contributed by atoms with Crippen molar-refractivity contribution in [1.82, 2.24) is 20.1 Å². The average Bonchev–Trinajstić information content (AvgIpc) is 3.18. The summed E-state index contributed by atoms with van der Waals surface area (Å²) in [5.74, 6) is -0.158. The lowest BCUT2D eigenvalue weighted by molar-refractivity contribution is -0.139. The summed E-state index contributed by atoms with van der Waals surface area (Å²) in [4.78, 5) is 31.2. The van der Waals surface area contributed by atoms with Gasteiger partial charge >= 0.3 is 5.97 Å². The van der Waals surface area contributed by atoms with Gasteiger partial charge in [-0.05, 0) is 19.4 Å². The Hall–Kier alpha value is -3.42. The largest absolute Gasteiger partial charge is 0.463 e. The van der Waals surface area contributed by atoms with E-state index in [-0.39, 0.29) is 19.1 Å². The Bertz CT molecular complexity index is 904. The van der Waals surface area contributed by atoms with Gasteiger partial charge in [-0.15, -0.1) is 6.58 Å². The topological polar surface area (TPSA) is 89.4 Å². The number of carbonyl (C=O) groups is 2. The van der Waals surface area contributed by atoms with Gasteiger partial charge in [-0.25, -0.2) is 9.48 Å². The summed E-state index contributed by atoms with van der Waals surface area (Å²) in [5.41, 5.74) is 1.93. The third-order valence-corrected chi connectivity index (χ3v) is 4.46. The first kappa shape index (κ1) is 19.3. The quantitative estimate of drug-likeness (QED) is 0.581. The van der Waals surface area contributed by atoms with Crippen molar-refractivity contribution in [1.29, 1.82) is 0 Å². The Balaban J connectivity index is 2.08. The van der Waals surface area contributed by atoms with E-state index in [0.29, 0.717) is 23.8 Å². The fraction of sp³-hybridized carbons (Fsp3) is 0.300. The minimum Gasteiger partial charge on any atom is -0.463 e. The maximum atomic E-state index is 12.8. The second-order valence-corrected chi connectivity index (χ2v) is 6.22. The molecular weight excluding hydrogens is 358 g/mol. The van der Waals surface area contributed by atoms with Crippen LogP contribution in [0.1, 0.15) is 25.5 Å². The Morgan fingerprint density at radius 2 is 2.07 bits per heavy atom. The summed E-state index contributed by atoms with van der Waals surface area (Å²) >= 11 is 0. The molecule has 2 heterocycles. The Labute approximate surface area is 163 Å². The van der Waals surface area contributed by atoms with Crippen molar-refractivity contribution in [3.63, 3.8) is 0 Å². The molecule has 28 heavy (non-hydrogen) atoms. The molecule has 0 bridgehead atoms. The van der Waals surface area contributed by atoms with Crippen molar-refractivity contribution < 1.29 is 14.3 Å². The molecule has 1 amide bonds. The number of nitrogens with one attached hydrogen (secondary N) is 1. The molecule has 2 aromatic rings. The average molecular weight is 381 g/mol. The predicted molar refractivity (Wildman–Crippen MR) is 104 cm³/mol. The zero-order valence-electron chi connectivity index (χ0n) is 16.0. The molecule has 1 atom stereocenters. The molecular formula is C20H23N5O3. The van der Waals surface area contributed by atoms with Crippen LogP contribution in [0.15, 0.2) is 60.6 Å². The van der Waals surface area contributed by atoms with Gasteiger partial charge in [0.15, 0.2) is 0 Å². The molecule has 1 aliphatic heterocycles. The molecule has 1 aliphatic rings. The molecule has 8 heteroatoms. The number of hydrogen-bond donors (Lipinski definition) is 1. The fourth-order valence-electron chi connectivity index (χ4n) is 3.22. The minimum absolute atomic E-state index is 0.00276. The fourth-order valence-corrected chi connectivity index (χ4v) is 3.22. The summed E-state index contributed by atoms with van der Waals surface area (Å²) < 4.78 is 6.96. The van der Waals surface area contributed by atoms with E-state index >= 15 is 0 Å². The van der Waals surface area contributed by atoms with Crippen LogP contribution in [-0.2, 0) is 14.3 Å². The highest BCUT2D eigenvalue weighted by molar-refractivity contribution is 5.93. The molecule has 0 aliphatic carbocycles. The third-order valence-electron chi connectivity index (χ3n) is 4.46. The predicted octanol–water partition coefficient (Wildman–Crippen LogP) is 1.83. The van der Waals surface area contributed by atoms with Crippen LogP contribution in [-0.4, -0.2) is 46.3 Å². The lowest BCUT2D eigenvalue weighted by Gasteiger charge is -2.35. The van der Waals surface area contributed by atoms with E-state index in [0.717, 1.165) is 5.56 Å². The second kappa shape index (κ2) is 8.51. The van der Waals surface area contributed by atoms with Gasteiger partial charge in [-0.3, -0.25) is 4.79 Å². The van der Waals surface area contributed by atoms with E-state index in [1.807, 2.05) is 30.3 Å². The van der Waals surface area contributed by atoms with Crippen molar-refractivity contribution >= 4 is 17.8 Å². The van der Waals surface area contributed by atoms with Gasteiger partial charge in [-0.2, -0.15) is 10.1 Å². The Morgan fingerprint density at radius 3 is 2.75 bits per heavy atom. The van der Waals surface area contributed by atoms with Crippen LogP contribution in [0, 0.1) is 0 Å². The molecule has 0 spiro atoms. The monoisotopic (exact) mass is 381 g/mol. The maximum absolute atomic E-state index is 12.8. The summed E-state index contributed by atoms with van der Waals surface area (Å²) in [5, 5.41) is 7.08. The van der Waals surface area contributed by atoms with Crippen LogP contribution in [0.4, 0.5) is 5.95 Å². The number of carbonyl (C=O) groups excluding carboxylic acids is 2. The van der Waals surface area contributed by atoms with Crippen LogP contribution in [0.3, 0.4) is 0 Å². The minimum atomic E-state index is -0.481. The Kier molecular flexibility index (Phi) is 5.88. The standard InChI is InChI=1S/C20H23N5O3/c1-4-11-21-16(26)12-24-14(3)17(19(27)28-5-2)18(15-9-7-6-8-10-15)25-20(24)22-13-23-25/h4,6-10,13,18H,1,5,11-12H2,2-3H3,(H,21,26)/t18-/m1/s1. The van der Waals surface area contributed by atoms with Crippen molar-refractivity contribution in [2.24, 2.45) is 0 Å². The molecule has 0 radical (unpaired) electrons. The van der Waals surface area contributed by atoms with Crippen molar-refractivity contribution in [2.45, 2.75) is 19.9 Å². The molecule has 0 saturated carbocycles. The molecule has 1 aromatic carbocycles. The number of nitrogens with zero attached hydrogens (tertiary/aromatic N) is 4. The van der Waals surface area contributed by atoms with Crippen molar-refractivity contribution in [3.05, 3.63) is 66.1 Å². The zero-order valence-corrected chi connectivity index (χ0v) is 16.0. The molecule has 3 rings (SSSR count). The number of aromatic nitrogens is 3. The van der Waals surface area contributed by atoms with E-state index in [4.69, 9.17) is 4.74 Å². The molecule has 0 fully saturated rings. The first-order valence-electron chi connectivity index (χ1n) is 9.06. The summed E-state index contributed by atoms with van der Waals surface area (Å²) in [6.07, 6.45) is 3.02. The lowest BCUT2D eigenvalue weighted by atomic mass is 9.95. The number of benzene rings is 1. The van der Waals surface area contributed by atoms with Gasteiger partial charge < -0.3 is 15.0 Å². The molecule has 1 aromatic heterocycles. The van der Waals surface area contributed by atoms with Crippen LogP contribution in [0.5, 0.6) is 0 Å². The molecule has 8 nitrogen and oxygen atoms in total. The number of hydrogen-bond acceptors (Lipinski definition) is 6. The molecule has 0 saturated heterocycles. The smallest absolute Gasteiger partial charge is 0.338 e. The summed E-state index contributed by atoms with van der Waals surface area (Å²) in [7, 11) is 0. The number of esters is 1. The summed E-state index contributed by atoms with van der Waals surface area (Å²) in [6, 6.07) is 9.08. The normalized spacial score (nSPS) is 15.8. The van der Waals surface area contributed by atoms with Crippen LogP contribution in [0.2, 0.25) is 0 Å². The van der Waals surface area contributed by atoms with Crippen molar-refractivity contribution in [3.8, 4) is 0 Å². The van der Waals surface area contributed by atoms with Gasteiger partial charge in [0.2, 0.25) is 11.9 Å². The number of fused-ring (bicyclic) bond motifs is 1. The van der Waals surface area contributed by atoms with Gasteiger partial charge in [0, 0.05) is 12.2 Å². The van der Waals surface area contributed by atoms with Gasteiger partial charge in [0.05, 0.1) is 12.2 Å². The number of rotatable bonds is 7. The number of allylic oxidation sites excluding steroid dienone is 1. The first-order valence-corrected chi connectivity index (χ1v) is 9.06. The highest BCUT2D eigenvalue weighted by Gasteiger charge is 2.38. The highest BCUT2D eigenvalue weighted by Crippen LogP contribution is 2.38. The van der Waals surface area contributed by atoms with Crippen LogP contribution in [0.25, 0.3) is 0 Å². The van der Waals surface area contributed by atoms with E-state index in [9.17, 15) is 9.59 Å². The summed E-state index contributed by atoms with van der Waals surface area (Å²) in [6.45, 7) is 7.76. The van der Waals surface area contributed by atoms with Gasteiger partial charge in [-0.1, -0.05) is 36.4 Å². The van der Waals surface area contributed by atoms with E-state index in [1.165, 1.54) is 6.33 Å². The zero-order chi connectivity index (χ0) is 20.1. The third kappa shape index (κ3) is 3.66. The number of anilines is 1. The van der Waals surface area contributed by atoms with Gasteiger partial charge in [0.25, 0.3) is 0 Å². The highest BCUT2D eigenvalue weighted by atomic mass is 16.5. The maximum Gasteiger partial charge on any atom is 0.338 e. The lowest BCUT2D eigenvalue weighted by Crippen LogP contribution is -2.42. The van der Waals surface area contributed by atoms with Crippen molar-refractivity contribution in [2.75, 3.05) is 24.6 Å². The first-order chi connectivity index (χ1) is 13.6. The Morgan fingerprint density at radius 1 is 1.32 bits per heavy atom. The number of amides is 1.